The third-order valence-corrected chi connectivity index (χ3v) is 1.87. The topological polar surface area (TPSA) is 60.2 Å². The Morgan fingerprint density at radius 2 is 1.40 bits per heavy atom. The van der Waals surface area contributed by atoms with Crippen molar-refractivity contribution in [3.63, 3.8) is 0 Å². The molecule has 3 nitrogen and oxygen atoms in total. The molecular formula is C7H9NO2. The molecule has 0 bridgehead atoms. The summed E-state index contributed by atoms with van der Waals surface area (Å²) in [6.07, 6.45) is 0. The molecule has 0 aromatic heterocycles. The highest BCUT2D eigenvalue weighted by molar-refractivity contribution is 6.26. The first kappa shape index (κ1) is 7.15. The van der Waals surface area contributed by atoms with Gasteiger partial charge in [-0.25, -0.2) is 0 Å². The van der Waals surface area contributed by atoms with E-state index < -0.39 is 6.04 Å². The second kappa shape index (κ2) is 2.02. The molecule has 1 aliphatic carbocycles. The minimum Gasteiger partial charge on any atom is -0.315 e. The van der Waals surface area contributed by atoms with Crippen molar-refractivity contribution in [2.75, 3.05) is 0 Å². The van der Waals surface area contributed by atoms with Crippen LogP contribution in [0.25, 0.3) is 0 Å². The van der Waals surface area contributed by atoms with Crippen LogP contribution in [0.5, 0.6) is 0 Å². The first-order valence-electron chi connectivity index (χ1n) is 3.07. The van der Waals surface area contributed by atoms with Gasteiger partial charge in [0.15, 0.2) is 11.6 Å². The summed E-state index contributed by atoms with van der Waals surface area (Å²) in [4.78, 5) is 21.8. The van der Waals surface area contributed by atoms with E-state index in [1.165, 1.54) is 0 Å². The van der Waals surface area contributed by atoms with Crippen LogP contribution in [0.4, 0.5) is 0 Å². The molecule has 0 radical (unpaired) electrons. The number of carbonyl (C=O) groups is 2. The fraction of sp³-hybridized carbons (Fsp3) is 0.429. The minimum atomic E-state index is -0.917. The van der Waals surface area contributed by atoms with Crippen molar-refractivity contribution in [3.8, 4) is 0 Å². The van der Waals surface area contributed by atoms with E-state index in [0.717, 1.165) is 0 Å². The Kier molecular flexibility index (Phi) is 1.45. The maximum absolute atomic E-state index is 10.9. The number of rotatable bonds is 0. The van der Waals surface area contributed by atoms with Crippen molar-refractivity contribution >= 4 is 11.6 Å². The molecule has 0 aromatic rings. The van der Waals surface area contributed by atoms with Gasteiger partial charge in [0.05, 0.1) is 0 Å². The molecule has 0 aromatic carbocycles. The van der Waals surface area contributed by atoms with Gasteiger partial charge in [0, 0.05) is 11.1 Å². The van der Waals surface area contributed by atoms with Gasteiger partial charge in [-0.3, -0.25) is 9.59 Å². The normalized spacial score (nSPS) is 21.1. The van der Waals surface area contributed by atoms with Crippen LogP contribution in [0, 0.1) is 0 Å². The number of nitrogens with two attached hydrogens (primary N) is 1. The first-order valence-corrected chi connectivity index (χ1v) is 3.07. The molecule has 10 heavy (non-hydrogen) atoms. The molecule has 0 aliphatic heterocycles. The molecule has 0 saturated carbocycles. The Morgan fingerprint density at radius 3 is 1.50 bits per heavy atom. The van der Waals surface area contributed by atoms with E-state index in [4.69, 9.17) is 5.73 Å². The summed E-state index contributed by atoms with van der Waals surface area (Å²) in [7, 11) is 0. The van der Waals surface area contributed by atoms with Crippen molar-refractivity contribution in [1.82, 2.24) is 0 Å². The number of hydrogen-bond donors (Lipinski definition) is 1. The second-order valence-electron chi connectivity index (χ2n) is 2.46. The summed E-state index contributed by atoms with van der Waals surface area (Å²) in [5.41, 5.74) is 6.29. The third-order valence-electron chi connectivity index (χ3n) is 1.87. The van der Waals surface area contributed by atoms with Crippen LogP contribution in [-0.2, 0) is 9.59 Å². The number of Topliss-reactive ketones (excluding diaryl/α,β-unsaturated/α-hetero) is 2. The van der Waals surface area contributed by atoms with Crippen LogP contribution in [0.3, 0.4) is 0 Å². The number of carbonyl (C=O) groups excluding carboxylic acids is 2. The molecule has 3 heteroatoms. The first-order chi connectivity index (χ1) is 4.55. The molecule has 1 rings (SSSR count). The van der Waals surface area contributed by atoms with E-state index in [-0.39, 0.29) is 11.6 Å². The lowest BCUT2D eigenvalue weighted by molar-refractivity contribution is -0.122. The average Bonchev–Trinajstić information content (AvgIpc) is 2.07. The van der Waals surface area contributed by atoms with Crippen molar-refractivity contribution in [2.45, 2.75) is 19.9 Å². The highest BCUT2D eigenvalue weighted by Gasteiger charge is 2.33. The molecule has 0 atom stereocenters. The van der Waals surface area contributed by atoms with Gasteiger partial charge in [-0.05, 0) is 13.8 Å². The van der Waals surface area contributed by atoms with Gasteiger partial charge in [0.25, 0.3) is 0 Å². The quantitative estimate of drug-likeness (QED) is 0.473. The second-order valence-corrected chi connectivity index (χ2v) is 2.46. The smallest absolute Gasteiger partial charge is 0.183 e. The lowest BCUT2D eigenvalue weighted by Crippen LogP contribution is -2.33. The maximum atomic E-state index is 10.9. The zero-order valence-electron chi connectivity index (χ0n) is 5.97. The van der Waals surface area contributed by atoms with E-state index in [2.05, 4.69) is 0 Å². The molecule has 0 amide bonds. The van der Waals surface area contributed by atoms with Crippen molar-refractivity contribution in [2.24, 2.45) is 5.73 Å². The van der Waals surface area contributed by atoms with Gasteiger partial charge in [-0.2, -0.15) is 0 Å². The fourth-order valence-corrected chi connectivity index (χ4v) is 0.955. The van der Waals surface area contributed by atoms with E-state index in [0.29, 0.717) is 11.1 Å². The van der Waals surface area contributed by atoms with Gasteiger partial charge in [-0.15, -0.1) is 0 Å². The summed E-state index contributed by atoms with van der Waals surface area (Å²) in [5.74, 6) is -0.468. The summed E-state index contributed by atoms with van der Waals surface area (Å²) in [5, 5.41) is 0. The summed E-state index contributed by atoms with van der Waals surface area (Å²) >= 11 is 0. The Balaban J connectivity index is 3.11. The lowest BCUT2D eigenvalue weighted by atomic mass is 10.2. The van der Waals surface area contributed by atoms with Crippen LogP contribution in [0.1, 0.15) is 13.8 Å². The van der Waals surface area contributed by atoms with E-state index >= 15 is 0 Å². The average molecular weight is 139 g/mol. The molecule has 0 unspecified atom stereocenters. The largest absolute Gasteiger partial charge is 0.315 e. The van der Waals surface area contributed by atoms with E-state index in [1.807, 2.05) is 0 Å². The van der Waals surface area contributed by atoms with Gasteiger partial charge < -0.3 is 5.73 Å². The third kappa shape index (κ3) is 0.708. The Bertz CT molecular complexity index is 216. The van der Waals surface area contributed by atoms with Crippen LogP contribution in [0.2, 0.25) is 0 Å². The number of ketones is 2. The molecule has 54 valence electrons. The Hall–Kier alpha value is -0.960. The van der Waals surface area contributed by atoms with Crippen molar-refractivity contribution in [3.05, 3.63) is 11.1 Å². The van der Waals surface area contributed by atoms with Crippen LogP contribution in [-0.4, -0.2) is 17.6 Å². The molecule has 0 fully saturated rings. The SMILES string of the molecule is CC1=C(C)C(=O)C(N)C1=O. The van der Waals surface area contributed by atoms with Crippen LogP contribution in [0.15, 0.2) is 11.1 Å². The predicted molar refractivity (Wildman–Crippen MR) is 36.4 cm³/mol. The predicted octanol–water partition coefficient (Wildman–Crippen LogP) is -0.198. The van der Waals surface area contributed by atoms with E-state index in [9.17, 15) is 9.59 Å². The number of hydrogen-bond acceptors (Lipinski definition) is 3. The Labute approximate surface area is 58.9 Å². The molecule has 1 aliphatic rings. The highest BCUT2D eigenvalue weighted by atomic mass is 16.2. The van der Waals surface area contributed by atoms with E-state index in [1.54, 1.807) is 13.8 Å². The van der Waals surface area contributed by atoms with Crippen LogP contribution < -0.4 is 5.73 Å². The van der Waals surface area contributed by atoms with Gasteiger partial charge in [0.2, 0.25) is 0 Å². The molecule has 0 spiro atoms. The monoisotopic (exact) mass is 139 g/mol. The summed E-state index contributed by atoms with van der Waals surface area (Å²) in [6.45, 7) is 3.25. The Morgan fingerprint density at radius 1 is 1.10 bits per heavy atom. The highest BCUT2D eigenvalue weighted by Crippen LogP contribution is 2.16. The zero-order valence-corrected chi connectivity index (χ0v) is 5.97. The zero-order chi connectivity index (χ0) is 7.89. The standard InChI is InChI=1S/C7H9NO2/c1-3-4(2)7(10)5(8)6(3)9/h5H,8H2,1-2H3. The van der Waals surface area contributed by atoms with Gasteiger partial charge in [-0.1, -0.05) is 0 Å². The summed E-state index contributed by atoms with van der Waals surface area (Å²) < 4.78 is 0. The minimum absolute atomic E-state index is 0.234. The van der Waals surface area contributed by atoms with Crippen molar-refractivity contribution < 1.29 is 9.59 Å². The van der Waals surface area contributed by atoms with Gasteiger partial charge >= 0.3 is 0 Å². The van der Waals surface area contributed by atoms with Crippen LogP contribution >= 0.6 is 0 Å². The van der Waals surface area contributed by atoms with Crippen molar-refractivity contribution in [1.29, 1.82) is 0 Å². The lowest BCUT2D eigenvalue weighted by Gasteiger charge is -1.95. The molecule has 0 saturated heterocycles. The van der Waals surface area contributed by atoms with Gasteiger partial charge in [0.1, 0.15) is 6.04 Å². The maximum Gasteiger partial charge on any atom is 0.183 e. The summed E-state index contributed by atoms with van der Waals surface area (Å²) in [6, 6.07) is -0.917. The molecule has 2 N–H and O–H groups in total. The fourth-order valence-electron chi connectivity index (χ4n) is 0.955. The molecular weight excluding hydrogens is 130 g/mol. The molecule has 0 heterocycles.